The molecule has 0 amide bonds. The second kappa shape index (κ2) is 4.72. The molecule has 1 aromatic carbocycles. The predicted octanol–water partition coefficient (Wildman–Crippen LogP) is 3.01. The second-order valence-corrected chi connectivity index (χ2v) is 4.58. The lowest BCUT2D eigenvalue weighted by molar-refractivity contribution is 0.630. The van der Waals surface area contributed by atoms with Crippen LogP contribution in [0.2, 0.25) is 0 Å². The van der Waals surface area contributed by atoms with Crippen LogP contribution < -0.4 is 5.73 Å². The number of rotatable bonds is 3. The summed E-state index contributed by atoms with van der Waals surface area (Å²) in [6.45, 7) is 2.58. The molecule has 0 aliphatic carbocycles. The van der Waals surface area contributed by atoms with Crippen LogP contribution in [0, 0.1) is 5.82 Å². The summed E-state index contributed by atoms with van der Waals surface area (Å²) in [5.74, 6) is -0.00900. The average Bonchev–Trinajstić information content (AvgIpc) is 2.78. The first-order chi connectivity index (χ1) is 7.72. The molecule has 4 heteroatoms. The number of aromatic nitrogens is 1. The lowest BCUT2D eigenvalue weighted by Gasteiger charge is -2.02. The molecule has 0 saturated heterocycles. The Morgan fingerprint density at radius 3 is 2.88 bits per heavy atom. The largest absolute Gasteiger partial charge is 0.330 e. The van der Waals surface area contributed by atoms with E-state index in [0.29, 0.717) is 17.8 Å². The molecule has 84 valence electrons. The maximum absolute atomic E-state index is 13.5. The van der Waals surface area contributed by atoms with Gasteiger partial charge in [0.15, 0.2) is 0 Å². The first-order valence-electron chi connectivity index (χ1n) is 5.12. The lowest BCUT2D eigenvalue weighted by Crippen LogP contribution is -2.08. The molecule has 16 heavy (non-hydrogen) atoms. The number of nitrogens with two attached hydrogens (primary N) is 1. The Morgan fingerprint density at radius 2 is 2.19 bits per heavy atom. The minimum Gasteiger partial charge on any atom is -0.330 e. The molecule has 0 aliphatic heterocycles. The summed E-state index contributed by atoms with van der Waals surface area (Å²) in [4.78, 5) is 4.41. The van der Waals surface area contributed by atoms with Crippen molar-refractivity contribution in [1.82, 2.24) is 4.98 Å². The maximum Gasteiger partial charge on any atom is 0.132 e. The van der Waals surface area contributed by atoms with Crippen molar-refractivity contribution in [2.75, 3.05) is 6.54 Å². The molecular weight excluding hydrogens is 223 g/mol. The molecule has 2 aromatic rings. The van der Waals surface area contributed by atoms with E-state index in [-0.39, 0.29) is 11.7 Å². The van der Waals surface area contributed by atoms with E-state index in [1.165, 1.54) is 17.4 Å². The summed E-state index contributed by atoms with van der Waals surface area (Å²) in [7, 11) is 0. The number of hydrogen-bond acceptors (Lipinski definition) is 3. The molecule has 2 rings (SSSR count). The topological polar surface area (TPSA) is 38.9 Å². The molecule has 0 bridgehead atoms. The zero-order chi connectivity index (χ0) is 11.5. The quantitative estimate of drug-likeness (QED) is 0.889. The first-order valence-corrected chi connectivity index (χ1v) is 6.00. The van der Waals surface area contributed by atoms with Crippen LogP contribution >= 0.6 is 11.3 Å². The molecule has 0 aliphatic rings. The van der Waals surface area contributed by atoms with Gasteiger partial charge >= 0.3 is 0 Å². The summed E-state index contributed by atoms with van der Waals surface area (Å²) in [6.07, 6.45) is 0. The van der Waals surface area contributed by atoms with E-state index in [0.717, 1.165) is 5.01 Å². The van der Waals surface area contributed by atoms with E-state index in [2.05, 4.69) is 4.98 Å². The maximum atomic E-state index is 13.5. The van der Waals surface area contributed by atoms with Gasteiger partial charge in [0.25, 0.3) is 0 Å². The van der Waals surface area contributed by atoms with Crippen LogP contribution in [0.5, 0.6) is 0 Å². The van der Waals surface area contributed by atoms with Crippen molar-refractivity contribution in [3.63, 3.8) is 0 Å². The molecule has 2 N–H and O–H groups in total. The van der Waals surface area contributed by atoms with Gasteiger partial charge in [-0.3, -0.25) is 0 Å². The van der Waals surface area contributed by atoms with E-state index in [1.807, 2.05) is 18.4 Å². The van der Waals surface area contributed by atoms with Crippen LogP contribution in [0.15, 0.2) is 29.6 Å². The summed E-state index contributed by atoms with van der Waals surface area (Å²) in [5.41, 5.74) is 6.82. The molecule has 1 unspecified atom stereocenters. The van der Waals surface area contributed by atoms with Crippen molar-refractivity contribution in [3.05, 3.63) is 40.5 Å². The van der Waals surface area contributed by atoms with Gasteiger partial charge in [0.05, 0.1) is 10.7 Å². The molecular formula is C12H13FN2S. The Balaban J connectivity index is 2.35. The summed E-state index contributed by atoms with van der Waals surface area (Å²) in [5, 5.41) is 2.83. The minimum atomic E-state index is -0.236. The van der Waals surface area contributed by atoms with Crippen molar-refractivity contribution in [2.45, 2.75) is 12.8 Å². The fourth-order valence-electron chi connectivity index (χ4n) is 1.41. The van der Waals surface area contributed by atoms with Crippen molar-refractivity contribution >= 4 is 11.3 Å². The van der Waals surface area contributed by atoms with Gasteiger partial charge in [-0.15, -0.1) is 11.3 Å². The van der Waals surface area contributed by atoms with Crippen LogP contribution in [0.3, 0.4) is 0 Å². The van der Waals surface area contributed by atoms with Gasteiger partial charge in [0.1, 0.15) is 5.82 Å². The summed E-state index contributed by atoms with van der Waals surface area (Å²) >= 11 is 1.53. The highest BCUT2D eigenvalue weighted by atomic mass is 32.1. The average molecular weight is 236 g/mol. The Labute approximate surface area is 97.9 Å². The van der Waals surface area contributed by atoms with Crippen molar-refractivity contribution in [3.8, 4) is 11.3 Å². The monoisotopic (exact) mass is 236 g/mol. The smallest absolute Gasteiger partial charge is 0.132 e. The normalized spacial score (nSPS) is 12.7. The SMILES string of the molecule is CC(CN)c1nc(-c2ccccc2F)cs1. The fraction of sp³-hybridized carbons (Fsp3) is 0.250. The van der Waals surface area contributed by atoms with Crippen molar-refractivity contribution < 1.29 is 4.39 Å². The van der Waals surface area contributed by atoms with Crippen molar-refractivity contribution in [2.24, 2.45) is 5.73 Å². The molecule has 1 heterocycles. The van der Waals surface area contributed by atoms with Crippen LogP contribution in [0.1, 0.15) is 17.8 Å². The zero-order valence-corrected chi connectivity index (χ0v) is 9.80. The van der Waals surface area contributed by atoms with Gasteiger partial charge in [-0.25, -0.2) is 9.37 Å². The summed E-state index contributed by atoms with van der Waals surface area (Å²) < 4.78 is 13.5. The van der Waals surface area contributed by atoms with Gasteiger partial charge in [-0.05, 0) is 12.1 Å². The number of benzene rings is 1. The predicted molar refractivity (Wildman–Crippen MR) is 65.0 cm³/mol. The summed E-state index contributed by atoms with van der Waals surface area (Å²) in [6, 6.07) is 6.67. The second-order valence-electron chi connectivity index (χ2n) is 3.69. The molecule has 0 fully saturated rings. The van der Waals surface area contributed by atoms with Gasteiger partial charge < -0.3 is 5.73 Å². The molecule has 0 radical (unpaired) electrons. The third-order valence-electron chi connectivity index (χ3n) is 2.45. The van der Waals surface area contributed by atoms with E-state index >= 15 is 0 Å². The standard InChI is InChI=1S/C12H13FN2S/c1-8(6-14)12-15-11(7-16-12)9-4-2-3-5-10(9)13/h2-5,7-8H,6,14H2,1H3. The zero-order valence-electron chi connectivity index (χ0n) is 8.98. The number of hydrogen-bond donors (Lipinski definition) is 1. The highest BCUT2D eigenvalue weighted by molar-refractivity contribution is 7.10. The Bertz CT molecular complexity index is 481. The third kappa shape index (κ3) is 2.13. The third-order valence-corrected chi connectivity index (χ3v) is 3.52. The Morgan fingerprint density at radius 1 is 1.44 bits per heavy atom. The molecule has 0 spiro atoms. The Hall–Kier alpha value is -1.26. The minimum absolute atomic E-state index is 0.227. The molecule has 2 nitrogen and oxygen atoms in total. The van der Waals surface area contributed by atoms with Crippen LogP contribution in [-0.2, 0) is 0 Å². The Kier molecular flexibility index (Phi) is 3.31. The van der Waals surface area contributed by atoms with Gasteiger partial charge in [0, 0.05) is 23.4 Å². The van der Waals surface area contributed by atoms with E-state index in [9.17, 15) is 4.39 Å². The van der Waals surface area contributed by atoms with Crippen molar-refractivity contribution in [1.29, 1.82) is 0 Å². The highest BCUT2D eigenvalue weighted by Gasteiger charge is 2.11. The van der Waals surface area contributed by atoms with Crippen LogP contribution in [-0.4, -0.2) is 11.5 Å². The molecule has 1 aromatic heterocycles. The van der Waals surface area contributed by atoms with Gasteiger partial charge in [-0.2, -0.15) is 0 Å². The molecule has 0 saturated carbocycles. The highest BCUT2D eigenvalue weighted by Crippen LogP contribution is 2.27. The van der Waals surface area contributed by atoms with E-state index in [4.69, 9.17) is 5.73 Å². The van der Waals surface area contributed by atoms with Crippen LogP contribution in [0.25, 0.3) is 11.3 Å². The van der Waals surface area contributed by atoms with E-state index < -0.39 is 0 Å². The number of halogens is 1. The number of thiazole rings is 1. The first kappa shape index (κ1) is 11.2. The number of nitrogens with zero attached hydrogens (tertiary/aromatic N) is 1. The fourth-order valence-corrected chi connectivity index (χ4v) is 2.30. The van der Waals surface area contributed by atoms with E-state index in [1.54, 1.807) is 12.1 Å². The van der Waals surface area contributed by atoms with Crippen LogP contribution in [0.4, 0.5) is 4.39 Å². The van der Waals surface area contributed by atoms with Gasteiger partial charge in [0.2, 0.25) is 0 Å². The lowest BCUT2D eigenvalue weighted by atomic mass is 10.1. The van der Waals surface area contributed by atoms with Gasteiger partial charge in [-0.1, -0.05) is 19.1 Å². The molecule has 1 atom stereocenters.